The van der Waals surface area contributed by atoms with Crippen LogP contribution < -0.4 is 4.74 Å². The van der Waals surface area contributed by atoms with Crippen LogP contribution >= 0.6 is 0 Å². The molecular weight excluding hydrogens is 341 g/mol. The number of hydrogen-bond donors (Lipinski definition) is 1. The maximum absolute atomic E-state index is 12.9. The van der Waals surface area contributed by atoms with Crippen molar-refractivity contribution in [2.75, 3.05) is 19.7 Å². The summed E-state index contributed by atoms with van der Waals surface area (Å²) in [5.41, 5.74) is 0. The number of ether oxygens (including phenoxy) is 2. The van der Waals surface area contributed by atoms with E-state index in [1.165, 1.54) is 24.3 Å². The summed E-state index contributed by atoms with van der Waals surface area (Å²) in [6.07, 6.45) is 1.10. The fourth-order valence-electron chi connectivity index (χ4n) is 3.81. The zero-order valence-corrected chi connectivity index (χ0v) is 14.8. The van der Waals surface area contributed by atoms with Gasteiger partial charge in [-0.2, -0.15) is 0 Å². The van der Waals surface area contributed by atoms with Crippen LogP contribution in [0.4, 0.5) is 4.39 Å². The van der Waals surface area contributed by atoms with Crippen LogP contribution in [-0.4, -0.2) is 53.8 Å². The van der Waals surface area contributed by atoms with Crippen LogP contribution in [0.15, 0.2) is 24.3 Å². The number of piperidine rings is 1. The number of carboxylic acid groups (broad SMARTS) is 1. The first-order chi connectivity index (χ1) is 12.5. The Morgan fingerprint density at radius 2 is 1.88 bits per heavy atom. The molecule has 1 N–H and O–H groups in total. The Kier molecular flexibility index (Phi) is 5.76. The molecule has 2 fully saturated rings. The third-order valence-corrected chi connectivity index (χ3v) is 5.24. The number of likely N-dealkylation sites (tertiary alicyclic amines) is 1. The second-order valence-corrected chi connectivity index (χ2v) is 6.95. The van der Waals surface area contributed by atoms with Crippen LogP contribution in [0, 0.1) is 17.7 Å². The molecule has 0 aromatic heterocycles. The SMILES string of the molecule is CC(Oc1ccc(F)cc1)C(=O)N1CCC([C@@H]2OCCC2C(=O)O)CC1. The maximum atomic E-state index is 12.9. The Balaban J connectivity index is 1.51. The Bertz CT molecular complexity index is 642. The molecule has 2 saturated heterocycles. The molecule has 3 atom stereocenters. The number of rotatable bonds is 5. The summed E-state index contributed by atoms with van der Waals surface area (Å²) in [5.74, 6) is -1.10. The van der Waals surface area contributed by atoms with Gasteiger partial charge in [0.05, 0.1) is 12.0 Å². The number of nitrogens with zero attached hydrogens (tertiary/aromatic N) is 1. The van der Waals surface area contributed by atoms with Gasteiger partial charge in [-0.1, -0.05) is 0 Å². The molecule has 6 nitrogen and oxygen atoms in total. The first-order valence-electron chi connectivity index (χ1n) is 9.01. The smallest absolute Gasteiger partial charge is 0.309 e. The summed E-state index contributed by atoms with van der Waals surface area (Å²) < 4.78 is 24.2. The maximum Gasteiger partial charge on any atom is 0.309 e. The molecule has 0 saturated carbocycles. The van der Waals surface area contributed by atoms with Gasteiger partial charge in [-0.15, -0.1) is 0 Å². The topological polar surface area (TPSA) is 76.1 Å². The van der Waals surface area contributed by atoms with Crippen molar-refractivity contribution in [2.24, 2.45) is 11.8 Å². The van der Waals surface area contributed by atoms with Gasteiger partial charge >= 0.3 is 5.97 Å². The highest BCUT2D eigenvalue weighted by Crippen LogP contribution is 2.33. The van der Waals surface area contributed by atoms with Crippen LogP contribution in [0.1, 0.15) is 26.2 Å². The Morgan fingerprint density at radius 3 is 2.50 bits per heavy atom. The molecule has 0 aliphatic carbocycles. The number of aliphatic carboxylic acids is 1. The number of benzene rings is 1. The molecule has 1 aromatic rings. The monoisotopic (exact) mass is 365 g/mol. The molecule has 0 radical (unpaired) electrons. The van der Waals surface area contributed by atoms with E-state index in [0.29, 0.717) is 31.9 Å². The van der Waals surface area contributed by atoms with Crippen molar-refractivity contribution < 1.29 is 28.6 Å². The summed E-state index contributed by atoms with van der Waals surface area (Å²) >= 11 is 0. The first kappa shape index (κ1) is 18.6. The van der Waals surface area contributed by atoms with E-state index in [-0.39, 0.29) is 23.7 Å². The van der Waals surface area contributed by atoms with Crippen molar-refractivity contribution in [3.8, 4) is 5.75 Å². The number of carbonyl (C=O) groups is 2. The van der Waals surface area contributed by atoms with Gasteiger partial charge in [0.25, 0.3) is 5.91 Å². The first-order valence-corrected chi connectivity index (χ1v) is 9.01. The van der Waals surface area contributed by atoms with Crippen molar-refractivity contribution in [1.29, 1.82) is 0 Å². The van der Waals surface area contributed by atoms with E-state index in [9.17, 15) is 19.1 Å². The molecule has 1 aromatic carbocycles. The zero-order valence-electron chi connectivity index (χ0n) is 14.8. The van der Waals surface area contributed by atoms with Crippen LogP contribution in [0.25, 0.3) is 0 Å². The van der Waals surface area contributed by atoms with Gasteiger partial charge in [-0.3, -0.25) is 9.59 Å². The van der Waals surface area contributed by atoms with Crippen molar-refractivity contribution >= 4 is 11.9 Å². The fourth-order valence-corrected chi connectivity index (χ4v) is 3.81. The molecule has 7 heteroatoms. The quantitative estimate of drug-likeness (QED) is 0.867. The standard InChI is InChI=1S/C19H24FNO5/c1-12(26-15-4-2-14(20)3-5-15)18(22)21-9-6-13(7-10-21)17-16(19(23)24)8-11-25-17/h2-5,12-13,16-17H,6-11H2,1H3,(H,23,24)/t12?,16?,17-/m0/s1. The number of halogens is 1. The molecule has 142 valence electrons. The van der Waals surface area contributed by atoms with E-state index >= 15 is 0 Å². The minimum atomic E-state index is -0.799. The van der Waals surface area contributed by atoms with Crippen LogP contribution in [0.3, 0.4) is 0 Å². The van der Waals surface area contributed by atoms with E-state index < -0.39 is 18.0 Å². The summed E-state index contributed by atoms with van der Waals surface area (Å²) in [7, 11) is 0. The van der Waals surface area contributed by atoms with Gasteiger partial charge in [-0.25, -0.2) is 4.39 Å². The predicted molar refractivity (Wildman–Crippen MR) is 91.3 cm³/mol. The molecule has 0 spiro atoms. The van der Waals surface area contributed by atoms with E-state index in [0.717, 1.165) is 12.8 Å². The van der Waals surface area contributed by atoms with Crippen molar-refractivity contribution in [3.05, 3.63) is 30.1 Å². The Morgan fingerprint density at radius 1 is 1.23 bits per heavy atom. The van der Waals surface area contributed by atoms with Crippen molar-refractivity contribution in [1.82, 2.24) is 4.90 Å². The Hall–Kier alpha value is -2.15. The predicted octanol–water partition coefficient (Wildman–Crippen LogP) is 2.32. The third-order valence-electron chi connectivity index (χ3n) is 5.24. The number of amides is 1. The van der Waals surface area contributed by atoms with E-state index in [4.69, 9.17) is 9.47 Å². The summed E-state index contributed by atoms with van der Waals surface area (Å²) in [4.78, 5) is 25.6. The molecule has 2 unspecified atom stereocenters. The summed E-state index contributed by atoms with van der Waals surface area (Å²) in [6, 6.07) is 5.57. The molecule has 3 rings (SSSR count). The average molecular weight is 365 g/mol. The van der Waals surface area contributed by atoms with Crippen LogP contribution in [-0.2, 0) is 14.3 Å². The fraction of sp³-hybridized carbons (Fsp3) is 0.579. The molecule has 0 bridgehead atoms. The zero-order chi connectivity index (χ0) is 18.7. The minimum Gasteiger partial charge on any atom is -0.481 e. The lowest BCUT2D eigenvalue weighted by Crippen LogP contribution is -2.47. The Labute approximate surface area is 151 Å². The normalized spacial score (nSPS) is 25.1. The molecule has 1 amide bonds. The molecule has 2 heterocycles. The molecular formula is C19H24FNO5. The molecule has 2 aliphatic heterocycles. The minimum absolute atomic E-state index is 0.116. The van der Waals surface area contributed by atoms with Gasteiger partial charge in [0.15, 0.2) is 6.10 Å². The number of hydrogen-bond acceptors (Lipinski definition) is 4. The second kappa shape index (κ2) is 8.03. The van der Waals surface area contributed by atoms with Gasteiger partial charge in [0.1, 0.15) is 11.6 Å². The van der Waals surface area contributed by atoms with E-state index in [2.05, 4.69) is 0 Å². The third kappa shape index (κ3) is 4.15. The highest BCUT2D eigenvalue weighted by atomic mass is 19.1. The number of carboxylic acids is 1. The van der Waals surface area contributed by atoms with Gasteiger partial charge < -0.3 is 19.5 Å². The highest BCUT2D eigenvalue weighted by Gasteiger charge is 2.41. The second-order valence-electron chi connectivity index (χ2n) is 6.95. The molecule has 2 aliphatic rings. The van der Waals surface area contributed by atoms with Gasteiger partial charge in [0.2, 0.25) is 0 Å². The van der Waals surface area contributed by atoms with Gasteiger partial charge in [0, 0.05) is 19.7 Å². The van der Waals surface area contributed by atoms with Crippen LogP contribution in [0.5, 0.6) is 5.75 Å². The number of carbonyl (C=O) groups excluding carboxylic acids is 1. The average Bonchev–Trinajstić information content (AvgIpc) is 3.13. The summed E-state index contributed by atoms with van der Waals surface area (Å²) in [6.45, 7) is 3.29. The van der Waals surface area contributed by atoms with E-state index in [1.807, 2.05) is 0 Å². The van der Waals surface area contributed by atoms with Crippen LogP contribution in [0.2, 0.25) is 0 Å². The lowest BCUT2D eigenvalue weighted by molar-refractivity contribution is -0.146. The highest BCUT2D eigenvalue weighted by molar-refractivity contribution is 5.81. The summed E-state index contributed by atoms with van der Waals surface area (Å²) in [5, 5.41) is 9.30. The lowest BCUT2D eigenvalue weighted by atomic mass is 9.84. The van der Waals surface area contributed by atoms with Crippen molar-refractivity contribution in [2.45, 2.75) is 38.4 Å². The van der Waals surface area contributed by atoms with E-state index in [1.54, 1.807) is 11.8 Å². The van der Waals surface area contributed by atoms with Crippen molar-refractivity contribution in [3.63, 3.8) is 0 Å². The lowest BCUT2D eigenvalue weighted by Gasteiger charge is -2.36. The van der Waals surface area contributed by atoms with Gasteiger partial charge in [-0.05, 0) is 56.4 Å². The largest absolute Gasteiger partial charge is 0.481 e. The molecule has 26 heavy (non-hydrogen) atoms.